The highest BCUT2D eigenvalue weighted by atomic mass is 35.5. The van der Waals surface area contributed by atoms with E-state index in [4.69, 9.17) is 16.2 Å². The zero-order valence-electron chi connectivity index (χ0n) is 22.6. The van der Waals surface area contributed by atoms with Crippen LogP contribution in [0.3, 0.4) is 0 Å². The van der Waals surface area contributed by atoms with Crippen molar-refractivity contribution in [3.63, 3.8) is 0 Å². The van der Waals surface area contributed by atoms with E-state index in [-0.39, 0.29) is 36.8 Å². The molecule has 0 bridgehead atoms. The molecular formula is C26H43ClN6O5. The van der Waals surface area contributed by atoms with Crippen molar-refractivity contribution in [2.24, 2.45) is 28.3 Å². The predicted molar refractivity (Wildman–Crippen MR) is 150 cm³/mol. The summed E-state index contributed by atoms with van der Waals surface area (Å²) in [6, 6.07) is 6.67. The van der Waals surface area contributed by atoms with E-state index < -0.39 is 36.0 Å². The molecule has 38 heavy (non-hydrogen) atoms. The van der Waals surface area contributed by atoms with Crippen LogP contribution in [0.2, 0.25) is 0 Å². The Bertz CT molecular complexity index is 893. The lowest BCUT2D eigenvalue weighted by Gasteiger charge is -2.26. The van der Waals surface area contributed by atoms with Crippen molar-refractivity contribution in [1.29, 1.82) is 0 Å². The molecule has 0 spiro atoms. The number of halogens is 1. The van der Waals surface area contributed by atoms with Crippen molar-refractivity contribution in [2.75, 3.05) is 6.54 Å². The second-order valence-corrected chi connectivity index (χ2v) is 9.78. The van der Waals surface area contributed by atoms with Gasteiger partial charge in [-0.1, -0.05) is 58.0 Å². The maximum Gasteiger partial charge on any atom is 0.408 e. The molecule has 0 unspecified atom stereocenters. The van der Waals surface area contributed by atoms with Crippen LogP contribution in [0.15, 0.2) is 35.3 Å². The van der Waals surface area contributed by atoms with Crippen LogP contribution < -0.4 is 27.4 Å². The third kappa shape index (κ3) is 15.0. The van der Waals surface area contributed by atoms with Gasteiger partial charge in [0.25, 0.3) is 0 Å². The highest BCUT2D eigenvalue weighted by molar-refractivity contribution is 5.92. The number of guanidine groups is 1. The summed E-state index contributed by atoms with van der Waals surface area (Å²) in [6.07, 6.45) is 1.46. The molecule has 3 atom stereocenters. The van der Waals surface area contributed by atoms with Gasteiger partial charge in [0.1, 0.15) is 25.0 Å². The number of nitrogens with zero attached hydrogens (tertiary/aromatic N) is 1. The molecule has 0 radical (unpaired) electrons. The number of amides is 3. The summed E-state index contributed by atoms with van der Waals surface area (Å²) in [5.74, 6) is -0.843. The van der Waals surface area contributed by atoms with Gasteiger partial charge in [-0.25, -0.2) is 4.79 Å². The first-order valence-corrected chi connectivity index (χ1v) is 12.6. The lowest BCUT2D eigenvalue weighted by atomic mass is 10.00. The minimum absolute atomic E-state index is 0. The summed E-state index contributed by atoms with van der Waals surface area (Å²) in [5.41, 5.74) is 11.4. The van der Waals surface area contributed by atoms with Crippen LogP contribution in [0.4, 0.5) is 4.79 Å². The third-order valence-electron chi connectivity index (χ3n) is 5.33. The quantitative estimate of drug-likeness (QED) is 0.0897. The number of alkyl carbamates (subject to hydrolysis) is 1. The summed E-state index contributed by atoms with van der Waals surface area (Å²) in [5, 5.41) is 8.05. The Labute approximate surface area is 231 Å². The molecule has 0 aliphatic rings. The number of carbonyl (C=O) groups is 4. The third-order valence-corrected chi connectivity index (χ3v) is 5.33. The van der Waals surface area contributed by atoms with Crippen LogP contribution in [-0.4, -0.2) is 54.8 Å². The summed E-state index contributed by atoms with van der Waals surface area (Å²) in [6.45, 7) is 8.08. The number of carbonyl (C=O) groups excluding carboxylic acids is 4. The van der Waals surface area contributed by atoms with Crippen molar-refractivity contribution in [3.8, 4) is 0 Å². The Hall–Kier alpha value is -3.34. The molecular weight excluding hydrogens is 512 g/mol. The molecule has 0 saturated heterocycles. The van der Waals surface area contributed by atoms with E-state index in [1.807, 2.05) is 58.0 Å². The van der Waals surface area contributed by atoms with Gasteiger partial charge in [-0.3, -0.25) is 14.6 Å². The Morgan fingerprint density at radius 3 is 2.00 bits per heavy atom. The highest BCUT2D eigenvalue weighted by Gasteiger charge is 2.29. The van der Waals surface area contributed by atoms with Gasteiger partial charge in [0.2, 0.25) is 11.8 Å². The normalized spacial score (nSPS) is 12.9. The number of aliphatic imine (C=N–C) groups is 1. The fourth-order valence-electron chi connectivity index (χ4n) is 3.56. The number of aldehydes is 1. The van der Waals surface area contributed by atoms with E-state index in [0.29, 0.717) is 38.5 Å². The lowest BCUT2D eigenvalue weighted by Crippen LogP contribution is -2.55. The van der Waals surface area contributed by atoms with Crippen LogP contribution in [0.5, 0.6) is 0 Å². The van der Waals surface area contributed by atoms with Gasteiger partial charge in [0.05, 0.1) is 6.04 Å². The van der Waals surface area contributed by atoms with E-state index in [1.54, 1.807) is 0 Å². The van der Waals surface area contributed by atoms with E-state index in [0.717, 1.165) is 5.56 Å². The molecule has 3 amide bonds. The summed E-state index contributed by atoms with van der Waals surface area (Å²) in [4.78, 5) is 53.9. The minimum Gasteiger partial charge on any atom is -0.445 e. The van der Waals surface area contributed by atoms with Gasteiger partial charge >= 0.3 is 6.09 Å². The monoisotopic (exact) mass is 554 g/mol. The second-order valence-electron chi connectivity index (χ2n) is 9.78. The molecule has 1 aromatic rings. The fraction of sp³-hybridized carbons (Fsp3) is 0.577. The molecule has 0 saturated carbocycles. The molecule has 0 heterocycles. The van der Waals surface area contributed by atoms with E-state index in [1.165, 1.54) is 0 Å². The van der Waals surface area contributed by atoms with Gasteiger partial charge in [-0.2, -0.15) is 0 Å². The molecule has 0 aliphatic carbocycles. The zero-order chi connectivity index (χ0) is 27.8. The topological polar surface area (TPSA) is 178 Å². The van der Waals surface area contributed by atoms with Crippen LogP contribution in [-0.2, 0) is 25.7 Å². The molecule has 1 rings (SSSR count). The molecule has 11 nitrogen and oxygen atoms in total. The van der Waals surface area contributed by atoms with Gasteiger partial charge in [-0.15, -0.1) is 12.4 Å². The van der Waals surface area contributed by atoms with Gasteiger partial charge in [0.15, 0.2) is 5.96 Å². The van der Waals surface area contributed by atoms with Crippen LogP contribution in [0, 0.1) is 11.8 Å². The van der Waals surface area contributed by atoms with Crippen molar-refractivity contribution >= 4 is 42.6 Å². The second kappa shape index (κ2) is 18.8. The minimum atomic E-state index is -0.896. The molecule has 1 aromatic carbocycles. The van der Waals surface area contributed by atoms with Gasteiger partial charge in [-0.05, 0) is 43.1 Å². The number of nitrogens with two attached hydrogens (primary N) is 2. The largest absolute Gasteiger partial charge is 0.445 e. The lowest BCUT2D eigenvalue weighted by molar-refractivity contribution is -0.131. The highest BCUT2D eigenvalue weighted by Crippen LogP contribution is 2.10. The first-order chi connectivity index (χ1) is 17.5. The Balaban J connectivity index is 0.0000137. The average molecular weight is 555 g/mol. The van der Waals surface area contributed by atoms with Gasteiger partial charge < -0.3 is 36.9 Å². The first kappa shape index (κ1) is 34.7. The van der Waals surface area contributed by atoms with Crippen molar-refractivity contribution in [1.82, 2.24) is 16.0 Å². The molecule has 0 aliphatic heterocycles. The predicted octanol–water partition coefficient (Wildman–Crippen LogP) is 2.02. The number of benzene rings is 1. The Morgan fingerprint density at radius 2 is 1.47 bits per heavy atom. The fourth-order valence-corrected chi connectivity index (χ4v) is 3.56. The summed E-state index contributed by atoms with van der Waals surface area (Å²) < 4.78 is 5.26. The first-order valence-electron chi connectivity index (χ1n) is 12.6. The van der Waals surface area contributed by atoms with Crippen LogP contribution >= 0.6 is 12.4 Å². The molecule has 0 aromatic heterocycles. The number of hydrogen-bond donors (Lipinski definition) is 5. The van der Waals surface area contributed by atoms with Crippen LogP contribution in [0.1, 0.15) is 58.9 Å². The van der Waals surface area contributed by atoms with Crippen LogP contribution in [0.25, 0.3) is 0 Å². The molecule has 12 heteroatoms. The summed E-state index contributed by atoms with van der Waals surface area (Å²) >= 11 is 0. The van der Waals surface area contributed by atoms with E-state index in [9.17, 15) is 19.2 Å². The van der Waals surface area contributed by atoms with E-state index in [2.05, 4.69) is 20.9 Å². The molecule has 7 N–H and O–H groups in total. The Morgan fingerprint density at radius 1 is 0.921 bits per heavy atom. The molecule has 214 valence electrons. The summed E-state index contributed by atoms with van der Waals surface area (Å²) in [7, 11) is 0. The van der Waals surface area contributed by atoms with Gasteiger partial charge in [0, 0.05) is 6.54 Å². The van der Waals surface area contributed by atoms with E-state index >= 15 is 0 Å². The number of nitrogens with one attached hydrogen (secondary N) is 3. The smallest absolute Gasteiger partial charge is 0.408 e. The Kier molecular flexibility index (Phi) is 17.2. The number of rotatable bonds is 16. The van der Waals surface area contributed by atoms with Crippen molar-refractivity contribution in [2.45, 2.75) is 78.1 Å². The zero-order valence-corrected chi connectivity index (χ0v) is 23.5. The number of hydrogen-bond acceptors (Lipinski definition) is 6. The average Bonchev–Trinajstić information content (AvgIpc) is 2.83. The SMILES string of the molecule is CC(C)C[C@H](NC(=O)OCc1ccccc1)C(=O)N[C@@H](CC(C)C)C(=O)N[C@H](C=O)CCCN=C(N)N.Cl. The van der Waals surface area contributed by atoms with Crippen molar-refractivity contribution in [3.05, 3.63) is 35.9 Å². The maximum atomic E-state index is 13.1. The van der Waals surface area contributed by atoms with Crippen molar-refractivity contribution < 1.29 is 23.9 Å². The maximum absolute atomic E-state index is 13.1. The standard InChI is InChI=1S/C26H42N6O5.ClH/c1-17(2)13-21(23(34)30-20(15-33)11-8-12-29-25(27)28)31-24(35)22(14-18(3)4)32-26(36)37-16-19-9-6-5-7-10-19;/h5-7,9-10,15,17-18,20-22H,8,11-14,16H2,1-4H3,(H,30,34)(H,31,35)(H,32,36)(H4,27,28,29);1H/t20-,21-,22-;/m0./s1. The number of ether oxygens (including phenoxy) is 1. The molecule has 0 fully saturated rings.